The molecule has 20 heavy (non-hydrogen) atoms. The Labute approximate surface area is 122 Å². The van der Waals surface area contributed by atoms with Gasteiger partial charge in [-0.15, -0.1) is 0 Å². The standard InChI is InChI=1S/C16H28N4/c1-3-16(2)6-8-19(9-7-16)14(10-17)15-11-18-12-20(15)13-4-5-13/h11-14H,3-10,17H2,1-2H3. The number of hydrogen-bond donors (Lipinski definition) is 1. The molecule has 2 fully saturated rings. The first-order chi connectivity index (χ1) is 9.67. The minimum absolute atomic E-state index is 0.347. The van der Waals surface area contributed by atoms with Crippen LogP contribution >= 0.6 is 0 Å². The van der Waals surface area contributed by atoms with Crippen LogP contribution in [0.3, 0.4) is 0 Å². The number of nitrogens with zero attached hydrogens (tertiary/aromatic N) is 3. The molecule has 1 unspecified atom stereocenters. The van der Waals surface area contributed by atoms with Gasteiger partial charge in [-0.05, 0) is 44.2 Å². The Kier molecular flexibility index (Phi) is 3.87. The minimum atomic E-state index is 0.347. The molecule has 2 N–H and O–H groups in total. The van der Waals surface area contributed by atoms with Crippen LogP contribution in [0.25, 0.3) is 0 Å². The molecule has 4 nitrogen and oxygen atoms in total. The normalized spacial score (nSPS) is 24.8. The van der Waals surface area contributed by atoms with E-state index in [0.717, 1.165) is 0 Å². The summed E-state index contributed by atoms with van der Waals surface area (Å²) in [5, 5.41) is 0. The van der Waals surface area contributed by atoms with Crippen molar-refractivity contribution in [2.24, 2.45) is 11.1 Å². The fourth-order valence-electron chi connectivity index (χ4n) is 3.42. The van der Waals surface area contributed by atoms with Crippen LogP contribution in [0.15, 0.2) is 12.5 Å². The molecule has 0 aromatic carbocycles. The molecule has 4 heteroatoms. The Balaban J connectivity index is 1.72. The summed E-state index contributed by atoms with van der Waals surface area (Å²) in [6, 6.07) is 1.03. The molecule has 0 spiro atoms. The molecule has 3 rings (SSSR count). The lowest BCUT2D eigenvalue weighted by Gasteiger charge is -2.42. The maximum Gasteiger partial charge on any atom is 0.0951 e. The highest BCUT2D eigenvalue weighted by Crippen LogP contribution is 2.40. The molecule has 2 heterocycles. The highest BCUT2D eigenvalue weighted by atomic mass is 15.2. The number of aromatic nitrogens is 2. The molecule has 1 saturated heterocycles. The van der Waals surface area contributed by atoms with Crippen LogP contribution in [0.2, 0.25) is 0 Å². The van der Waals surface area contributed by atoms with Gasteiger partial charge < -0.3 is 10.3 Å². The van der Waals surface area contributed by atoms with Crippen molar-refractivity contribution in [1.29, 1.82) is 0 Å². The van der Waals surface area contributed by atoms with E-state index in [1.54, 1.807) is 0 Å². The summed E-state index contributed by atoms with van der Waals surface area (Å²) in [6.45, 7) is 7.78. The van der Waals surface area contributed by atoms with Crippen LogP contribution in [0.5, 0.6) is 0 Å². The second kappa shape index (κ2) is 5.49. The first-order valence-electron chi connectivity index (χ1n) is 8.13. The van der Waals surface area contributed by atoms with Crippen LogP contribution < -0.4 is 5.73 Å². The number of imidazole rings is 1. The van der Waals surface area contributed by atoms with E-state index in [1.807, 2.05) is 12.5 Å². The second-order valence-electron chi connectivity index (χ2n) is 6.91. The van der Waals surface area contributed by atoms with Crippen LogP contribution in [-0.2, 0) is 0 Å². The number of rotatable bonds is 5. The average molecular weight is 276 g/mol. The van der Waals surface area contributed by atoms with Gasteiger partial charge in [-0.3, -0.25) is 4.90 Å². The summed E-state index contributed by atoms with van der Waals surface area (Å²) >= 11 is 0. The van der Waals surface area contributed by atoms with Gasteiger partial charge >= 0.3 is 0 Å². The van der Waals surface area contributed by atoms with Gasteiger partial charge in [-0.25, -0.2) is 4.98 Å². The molecule has 0 radical (unpaired) electrons. The lowest BCUT2D eigenvalue weighted by atomic mass is 9.78. The number of nitrogens with two attached hydrogens (primary N) is 1. The first-order valence-corrected chi connectivity index (χ1v) is 8.13. The zero-order valence-corrected chi connectivity index (χ0v) is 12.9. The smallest absolute Gasteiger partial charge is 0.0951 e. The van der Waals surface area contributed by atoms with E-state index in [9.17, 15) is 0 Å². The molecule has 1 aromatic heterocycles. The van der Waals surface area contributed by atoms with Crippen molar-refractivity contribution in [2.45, 2.75) is 58.0 Å². The monoisotopic (exact) mass is 276 g/mol. The van der Waals surface area contributed by atoms with Gasteiger partial charge in [0.2, 0.25) is 0 Å². The summed E-state index contributed by atoms with van der Waals surface area (Å²) in [4.78, 5) is 6.95. The third-order valence-electron chi connectivity index (χ3n) is 5.50. The van der Waals surface area contributed by atoms with E-state index in [-0.39, 0.29) is 0 Å². The van der Waals surface area contributed by atoms with Crippen molar-refractivity contribution in [3.05, 3.63) is 18.2 Å². The van der Waals surface area contributed by atoms with Gasteiger partial charge in [0.05, 0.1) is 18.1 Å². The van der Waals surface area contributed by atoms with Crippen molar-refractivity contribution in [1.82, 2.24) is 14.5 Å². The van der Waals surface area contributed by atoms with Crippen LogP contribution in [0.4, 0.5) is 0 Å². The van der Waals surface area contributed by atoms with Crippen LogP contribution in [0, 0.1) is 5.41 Å². The van der Waals surface area contributed by atoms with Crippen molar-refractivity contribution in [2.75, 3.05) is 19.6 Å². The minimum Gasteiger partial charge on any atom is -0.330 e. The Hall–Kier alpha value is -0.870. The first kappa shape index (κ1) is 14.1. The van der Waals surface area contributed by atoms with Crippen molar-refractivity contribution in [3.63, 3.8) is 0 Å². The second-order valence-corrected chi connectivity index (χ2v) is 6.91. The number of hydrogen-bond acceptors (Lipinski definition) is 3. The summed E-state index contributed by atoms with van der Waals surface area (Å²) in [7, 11) is 0. The maximum atomic E-state index is 6.10. The zero-order chi connectivity index (χ0) is 14.2. The molecule has 1 saturated carbocycles. The molecule has 1 aliphatic heterocycles. The predicted octanol–water partition coefficient (Wildman–Crippen LogP) is 2.73. The number of piperidine rings is 1. The van der Waals surface area contributed by atoms with E-state index < -0.39 is 0 Å². The molecule has 1 aliphatic carbocycles. The molecule has 0 amide bonds. The molecular weight excluding hydrogens is 248 g/mol. The quantitative estimate of drug-likeness (QED) is 0.899. The van der Waals surface area contributed by atoms with E-state index in [1.165, 1.54) is 50.9 Å². The molecule has 112 valence electrons. The lowest BCUT2D eigenvalue weighted by molar-refractivity contribution is 0.0801. The van der Waals surface area contributed by atoms with E-state index in [4.69, 9.17) is 5.73 Å². The summed E-state index contributed by atoms with van der Waals surface area (Å²) in [5.74, 6) is 0. The molecule has 2 aliphatic rings. The van der Waals surface area contributed by atoms with Gasteiger partial charge in [0.15, 0.2) is 0 Å². The molecule has 0 bridgehead atoms. The molecular formula is C16H28N4. The fourth-order valence-corrected chi connectivity index (χ4v) is 3.42. The van der Waals surface area contributed by atoms with Crippen LogP contribution in [-0.4, -0.2) is 34.1 Å². The number of likely N-dealkylation sites (tertiary alicyclic amines) is 1. The lowest BCUT2D eigenvalue weighted by Crippen LogP contribution is -2.43. The van der Waals surface area contributed by atoms with E-state index >= 15 is 0 Å². The Morgan fingerprint density at radius 2 is 2.10 bits per heavy atom. The van der Waals surface area contributed by atoms with Gasteiger partial charge in [0.25, 0.3) is 0 Å². The fraction of sp³-hybridized carbons (Fsp3) is 0.812. The molecule has 1 atom stereocenters. The van der Waals surface area contributed by atoms with Gasteiger partial charge in [-0.2, -0.15) is 0 Å². The van der Waals surface area contributed by atoms with Crippen LogP contribution in [0.1, 0.15) is 63.7 Å². The Morgan fingerprint density at radius 1 is 1.40 bits per heavy atom. The van der Waals surface area contributed by atoms with E-state index in [0.29, 0.717) is 24.0 Å². The topological polar surface area (TPSA) is 47.1 Å². The molecule has 1 aromatic rings. The summed E-state index contributed by atoms with van der Waals surface area (Å²) < 4.78 is 2.37. The van der Waals surface area contributed by atoms with Gasteiger partial charge in [0.1, 0.15) is 0 Å². The maximum absolute atomic E-state index is 6.10. The van der Waals surface area contributed by atoms with Crippen molar-refractivity contribution < 1.29 is 0 Å². The SMILES string of the molecule is CCC1(C)CCN(C(CN)c2cncn2C2CC2)CC1. The van der Waals surface area contributed by atoms with E-state index in [2.05, 4.69) is 28.3 Å². The zero-order valence-electron chi connectivity index (χ0n) is 12.9. The third-order valence-corrected chi connectivity index (χ3v) is 5.50. The third kappa shape index (κ3) is 2.63. The average Bonchev–Trinajstić information content (AvgIpc) is 3.21. The highest BCUT2D eigenvalue weighted by molar-refractivity contribution is 5.10. The van der Waals surface area contributed by atoms with Crippen molar-refractivity contribution in [3.8, 4) is 0 Å². The summed E-state index contributed by atoms with van der Waals surface area (Å²) in [6.07, 6.45) is 10.5. The van der Waals surface area contributed by atoms with Gasteiger partial charge in [0, 0.05) is 18.8 Å². The van der Waals surface area contributed by atoms with Crippen molar-refractivity contribution >= 4 is 0 Å². The van der Waals surface area contributed by atoms with Gasteiger partial charge in [-0.1, -0.05) is 20.3 Å². The predicted molar refractivity (Wildman–Crippen MR) is 81.5 cm³/mol. The Bertz CT molecular complexity index is 441. The largest absolute Gasteiger partial charge is 0.330 e. The Morgan fingerprint density at radius 3 is 2.65 bits per heavy atom. The highest BCUT2D eigenvalue weighted by Gasteiger charge is 2.34. The summed E-state index contributed by atoms with van der Waals surface area (Å²) in [5.41, 5.74) is 7.96.